The molecule has 2 N–H and O–H groups in total. The van der Waals surface area contributed by atoms with Crippen molar-refractivity contribution < 1.29 is 9.50 Å². The van der Waals surface area contributed by atoms with Crippen molar-refractivity contribution in [1.29, 1.82) is 0 Å². The summed E-state index contributed by atoms with van der Waals surface area (Å²) in [5.41, 5.74) is -0.406. The second kappa shape index (κ2) is 2.99. The molecular formula is C9H5ClFNO2. The van der Waals surface area contributed by atoms with Crippen molar-refractivity contribution in [1.82, 2.24) is 4.98 Å². The minimum Gasteiger partial charge on any atom is -0.503 e. The van der Waals surface area contributed by atoms with Gasteiger partial charge in [-0.15, -0.1) is 0 Å². The molecule has 2 rings (SSSR count). The summed E-state index contributed by atoms with van der Waals surface area (Å²) in [6.45, 7) is 0. The highest BCUT2D eigenvalue weighted by Gasteiger charge is 2.06. The third-order valence-electron chi connectivity index (χ3n) is 1.86. The van der Waals surface area contributed by atoms with Gasteiger partial charge < -0.3 is 10.1 Å². The predicted molar refractivity (Wildman–Crippen MR) is 51.2 cm³/mol. The molecule has 0 aliphatic carbocycles. The first-order valence-corrected chi connectivity index (χ1v) is 4.17. The van der Waals surface area contributed by atoms with Gasteiger partial charge in [0.15, 0.2) is 5.75 Å². The molecule has 0 bridgehead atoms. The normalized spacial score (nSPS) is 10.7. The number of aromatic nitrogens is 1. The number of halogens is 2. The maximum atomic E-state index is 12.9. The third-order valence-corrected chi connectivity index (χ3v) is 2.17. The first-order chi connectivity index (χ1) is 6.58. The molecule has 72 valence electrons. The Morgan fingerprint density at radius 3 is 2.79 bits per heavy atom. The van der Waals surface area contributed by atoms with Gasteiger partial charge in [-0.25, -0.2) is 4.39 Å². The summed E-state index contributed by atoms with van der Waals surface area (Å²) < 4.78 is 12.9. The molecule has 0 unspecified atom stereocenters. The van der Waals surface area contributed by atoms with Crippen molar-refractivity contribution in [3.8, 4) is 5.75 Å². The van der Waals surface area contributed by atoms with Crippen molar-refractivity contribution in [2.24, 2.45) is 0 Å². The Balaban J connectivity index is 2.96. The zero-order chi connectivity index (χ0) is 10.3. The molecule has 0 atom stereocenters. The molecule has 2 aromatic rings. The molecule has 14 heavy (non-hydrogen) atoms. The standard InChI is InChI=1S/C9H5ClFNO2/c10-6-1-4(11)2-7-5(6)3-8(13)9(14)12-7/h1-3,13H,(H,12,14). The van der Waals surface area contributed by atoms with Gasteiger partial charge in [-0.05, 0) is 18.2 Å². The first kappa shape index (κ1) is 9.02. The van der Waals surface area contributed by atoms with Crippen LogP contribution in [0.4, 0.5) is 4.39 Å². The van der Waals surface area contributed by atoms with Crippen molar-refractivity contribution in [2.45, 2.75) is 0 Å². The Morgan fingerprint density at radius 2 is 2.07 bits per heavy atom. The smallest absolute Gasteiger partial charge is 0.290 e. The minimum absolute atomic E-state index is 0.145. The number of H-pyrrole nitrogens is 1. The summed E-state index contributed by atoms with van der Waals surface area (Å²) in [4.78, 5) is 13.3. The summed E-state index contributed by atoms with van der Waals surface area (Å²) in [5, 5.41) is 9.67. The van der Waals surface area contributed by atoms with Gasteiger partial charge in [0, 0.05) is 5.39 Å². The van der Waals surface area contributed by atoms with E-state index in [1.54, 1.807) is 0 Å². The molecule has 0 amide bonds. The van der Waals surface area contributed by atoms with Crippen LogP contribution < -0.4 is 5.56 Å². The van der Waals surface area contributed by atoms with Crippen LogP contribution in [0.3, 0.4) is 0 Å². The summed E-state index contributed by atoms with van der Waals surface area (Å²) in [5.74, 6) is -0.977. The number of rotatable bonds is 0. The largest absolute Gasteiger partial charge is 0.503 e. The predicted octanol–water partition coefficient (Wildman–Crippen LogP) is 2.03. The number of pyridine rings is 1. The van der Waals surface area contributed by atoms with Crippen LogP contribution >= 0.6 is 11.6 Å². The number of aromatic hydroxyl groups is 1. The number of hydrogen-bond donors (Lipinski definition) is 2. The van der Waals surface area contributed by atoms with Gasteiger partial charge in [0.25, 0.3) is 5.56 Å². The van der Waals surface area contributed by atoms with E-state index in [1.165, 1.54) is 6.07 Å². The highest BCUT2D eigenvalue weighted by Crippen LogP contribution is 2.24. The molecule has 0 aliphatic rings. The Kier molecular flexibility index (Phi) is 1.93. The van der Waals surface area contributed by atoms with Crippen molar-refractivity contribution in [3.63, 3.8) is 0 Å². The van der Waals surface area contributed by atoms with Crippen LogP contribution in [0.1, 0.15) is 0 Å². The van der Waals surface area contributed by atoms with Crippen molar-refractivity contribution >= 4 is 22.5 Å². The van der Waals surface area contributed by atoms with E-state index in [4.69, 9.17) is 16.7 Å². The molecule has 0 spiro atoms. The summed E-state index contributed by atoms with van der Waals surface area (Å²) in [6, 6.07) is 3.46. The molecule has 1 aromatic carbocycles. The molecule has 0 fully saturated rings. The van der Waals surface area contributed by atoms with Gasteiger partial charge in [0.1, 0.15) is 5.82 Å². The van der Waals surface area contributed by atoms with E-state index in [0.29, 0.717) is 5.39 Å². The Morgan fingerprint density at radius 1 is 1.36 bits per heavy atom. The Bertz CT molecular complexity index is 564. The fourth-order valence-corrected chi connectivity index (χ4v) is 1.48. The quantitative estimate of drug-likeness (QED) is 0.704. The van der Waals surface area contributed by atoms with E-state index < -0.39 is 17.1 Å². The second-order valence-corrected chi connectivity index (χ2v) is 3.24. The molecule has 0 saturated carbocycles. The molecule has 1 aromatic heterocycles. The lowest BCUT2D eigenvalue weighted by molar-refractivity contribution is 0.468. The van der Waals surface area contributed by atoms with E-state index >= 15 is 0 Å². The topological polar surface area (TPSA) is 53.1 Å². The average molecular weight is 214 g/mol. The van der Waals surface area contributed by atoms with Gasteiger partial charge in [-0.1, -0.05) is 11.6 Å². The van der Waals surface area contributed by atoms with Crippen LogP contribution in [0.15, 0.2) is 23.0 Å². The van der Waals surface area contributed by atoms with Gasteiger partial charge >= 0.3 is 0 Å². The van der Waals surface area contributed by atoms with E-state index in [1.807, 2.05) is 0 Å². The Labute approximate surface area is 82.8 Å². The van der Waals surface area contributed by atoms with Crippen LogP contribution in [-0.2, 0) is 0 Å². The van der Waals surface area contributed by atoms with Gasteiger partial charge in [0.05, 0.1) is 10.5 Å². The van der Waals surface area contributed by atoms with E-state index in [9.17, 15) is 9.18 Å². The average Bonchev–Trinajstić information content (AvgIpc) is 2.08. The molecule has 0 saturated heterocycles. The number of nitrogens with one attached hydrogen (secondary N) is 1. The Hall–Kier alpha value is -1.55. The molecular weight excluding hydrogens is 209 g/mol. The fraction of sp³-hybridized carbons (Fsp3) is 0. The lowest BCUT2D eigenvalue weighted by Crippen LogP contribution is -2.04. The van der Waals surface area contributed by atoms with Crippen LogP contribution in [0.2, 0.25) is 5.02 Å². The van der Waals surface area contributed by atoms with Crippen LogP contribution in [0, 0.1) is 5.82 Å². The molecule has 0 aliphatic heterocycles. The lowest BCUT2D eigenvalue weighted by Gasteiger charge is -2.01. The fourth-order valence-electron chi connectivity index (χ4n) is 1.22. The van der Waals surface area contributed by atoms with Crippen LogP contribution in [-0.4, -0.2) is 10.1 Å². The molecule has 1 heterocycles. The van der Waals surface area contributed by atoms with Crippen molar-refractivity contribution in [3.05, 3.63) is 39.4 Å². The van der Waals surface area contributed by atoms with E-state index in [0.717, 1.165) is 12.1 Å². The zero-order valence-corrected chi connectivity index (χ0v) is 7.60. The van der Waals surface area contributed by atoms with Crippen LogP contribution in [0.25, 0.3) is 10.9 Å². The molecule has 3 nitrogen and oxygen atoms in total. The summed E-state index contributed by atoms with van der Waals surface area (Å²) >= 11 is 5.71. The molecule has 0 radical (unpaired) electrons. The number of benzene rings is 1. The zero-order valence-electron chi connectivity index (χ0n) is 6.84. The number of fused-ring (bicyclic) bond motifs is 1. The van der Waals surface area contributed by atoms with Gasteiger partial charge in [0.2, 0.25) is 0 Å². The number of aromatic amines is 1. The summed E-state index contributed by atoms with van der Waals surface area (Å²) in [6.07, 6.45) is 0. The third kappa shape index (κ3) is 1.33. The maximum Gasteiger partial charge on any atom is 0.290 e. The molecule has 5 heteroatoms. The number of hydrogen-bond acceptors (Lipinski definition) is 2. The lowest BCUT2D eigenvalue weighted by atomic mass is 10.2. The summed E-state index contributed by atoms with van der Waals surface area (Å²) in [7, 11) is 0. The van der Waals surface area contributed by atoms with Gasteiger partial charge in [-0.3, -0.25) is 4.79 Å². The highest BCUT2D eigenvalue weighted by atomic mass is 35.5. The highest BCUT2D eigenvalue weighted by molar-refractivity contribution is 6.35. The van der Waals surface area contributed by atoms with Crippen molar-refractivity contribution in [2.75, 3.05) is 0 Å². The second-order valence-electron chi connectivity index (χ2n) is 2.83. The monoisotopic (exact) mass is 213 g/mol. The van der Waals surface area contributed by atoms with Crippen LogP contribution in [0.5, 0.6) is 5.75 Å². The maximum absolute atomic E-state index is 12.9. The minimum atomic E-state index is -0.667. The van der Waals surface area contributed by atoms with E-state index in [2.05, 4.69) is 4.98 Å². The van der Waals surface area contributed by atoms with Gasteiger partial charge in [-0.2, -0.15) is 0 Å². The first-order valence-electron chi connectivity index (χ1n) is 3.79. The van der Waals surface area contributed by atoms with E-state index in [-0.39, 0.29) is 10.5 Å². The SMILES string of the molecule is O=c1[nH]c2cc(F)cc(Cl)c2cc1O.